The van der Waals surface area contributed by atoms with Gasteiger partial charge in [0.15, 0.2) is 0 Å². The molecule has 0 spiro atoms. The second kappa shape index (κ2) is 11.0. The molecule has 0 N–H and O–H groups in total. The van der Waals surface area contributed by atoms with Crippen LogP contribution in [0.5, 0.6) is 0 Å². The maximum atomic E-state index is 3.37. The van der Waals surface area contributed by atoms with Gasteiger partial charge in [0.05, 0.1) is 0 Å². The number of rotatable bonds is 0. The van der Waals surface area contributed by atoms with Crippen LogP contribution in [-0.2, 0) is 25.8 Å². The van der Waals surface area contributed by atoms with E-state index in [4.69, 9.17) is 0 Å². The Morgan fingerprint density at radius 1 is 0.889 bits per heavy atom. The van der Waals surface area contributed by atoms with Crippen LogP contribution in [0.15, 0.2) is 48.5 Å². The summed E-state index contributed by atoms with van der Waals surface area (Å²) < 4.78 is 0. The van der Waals surface area contributed by atoms with Crippen LogP contribution >= 0.6 is 0 Å². The summed E-state index contributed by atoms with van der Waals surface area (Å²) >= 11 is 0. The summed E-state index contributed by atoms with van der Waals surface area (Å²) in [6.45, 7) is 15.2. The normalized spacial score (nSPS) is 13.8. The van der Waals surface area contributed by atoms with Crippen molar-refractivity contribution in [1.29, 1.82) is 0 Å². The number of benzene rings is 2. The zero-order valence-electron chi connectivity index (χ0n) is 17.7. The molecular weight excluding hydrogens is 507 g/mol. The monoisotopic (exact) mass is 538 g/mol. The van der Waals surface area contributed by atoms with E-state index in [2.05, 4.69) is 102 Å². The van der Waals surface area contributed by atoms with Gasteiger partial charge in [0.2, 0.25) is 0 Å². The van der Waals surface area contributed by atoms with E-state index in [0.717, 1.165) is 9.52 Å². The van der Waals surface area contributed by atoms with Crippen LogP contribution in [-0.4, -0.2) is 9.52 Å². The van der Waals surface area contributed by atoms with Crippen molar-refractivity contribution in [2.24, 2.45) is 0 Å². The number of fused-ring (bicyclic) bond motifs is 3. The van der Waals surface area contributed by atoms with Crippen LogP contribution in [0.25, 0.3) is 10.8 Å². The quantitative estimate of drug-likeness (QED) is 0.212. The summed E-state index contributed by atoms with van der Waals surface area (Å²) in [7, 11) is 1.08. The van der Waals surface area contributed by atoms with Crippen LogP contribution in [0, 0.1) is 33.8 Å². The van der Waals surface area contributed by atoms with Crippen molar-refractivity contribution in [1.82, 2.24) is 0 Å². The molecule has 140 valence electrons. The van der Waals surface area contributed by atoms with Crippen molar-refractivity contribution in [2.75, 3.05) is 0 Å². The first kappa shape index (κ1) is 23.9. The predicted octanol–water partition coefficient (Wildman–Crippen LogP) is 7.09. The van der Waals surface area contributed by atoms with Gasteiger partial charge < -0.3 is 0 Å². The van der Waals surface area contributed by atoms with Crippen molar-refractivity contribution < 1.29 is 25.8 Å². The minimum Gasteiger partial charge on any atom is -0.196 e. The molecule has 0 nitrogen and oxygen atoms in total. The largest absolute Gasteiger partial charge is 0.196 e. The molecule has 0 heterocycles. The van der Waals surface area contributed by atoms with E-state index in [1.54, 1.807) is 0 Å². The number of hydrogen-bond acceptors (Lipinski definition) is 0. The molecule has 4 rings (SSSR count). The van der Waals surface area contributed by atoms with Crippen LogP contribution in [0.2, 0.25) is 13.1 Å². The van der Waals surface area contributed by atoms with Gasteiger partial charge >= 0.3 is 0 Å². The summed E-state index contributed by atoms with van der Waals surface area (Å²) in [5.41, 5.74) is 8.44. The molecule has 2 heteroatoms. The summed E-state index contributed by atoms with van der Waals surface area (Å²) in [4.78, 5) is 0. The fourth-order valence-corrected chi connectivity index (χ4v) is 3.26. The van der Waals surface area contributed by atoms with Crippen LogP contribution < -0.4 is 0 Å². The number of allylic oxidation sites excluding steroid dienone is 1. The fraction of sp³-hybridized carbons (Fsp3) is 0.320. The Bertz CT molecular complexity index is 880. The third-order valence-electron chi connectivity index (χ3n) is 5.11. The first-order chi connectivity index (χ1) is 12.4. The van der Waals surface area contributed by atoms with Crippen molar-refractivity contribution in [3.8, 4) is 0 Å². The van der Waals surface area contributed by atoms with Gasteiger partial charge in [0.25, 0.3) is 0 Å². The molecule has 0 amide bonds. The fourth-order valence-electron chi connectivity index (χ4n) is 3.26. The van der Waals surface area contributed by atoms with E-state index in [1.807, 2.05) is 0 Å². The van der Waals surface area contributed by atoms with E-state index in [-0.39, 0.29) is 25.8 Å². The molecule has 1 atom stereocenters. The van der Waals surface area contributed by atoms with E-state index in [0.29, 0.717) is 5.92 Å². The van der Waals surface area contributed by atoms with E-state index >= 15 is 0 Å². The smallest absolute Gasteiger partial charge is 0.0307 e. The molecule has 1 unspecified atom stereocenters. The average molecular weight is 537 g/mol. The first-order valence-electron chi connectivity index (χ1n) is 9.30. The molecular formula is C25H30HfSi-2. The summed E-state index contributed by atoms with van der Waals surface area (Å²) in [5, 5.41) is 2.63. The molecule has 0 saturated carbocycles. The van der Waals surface area contributed by atoms with Crippen molar-refractivity contribution >= 4 is 20.3 Å². The van der Waals surface area contributed by atoms with Crippen LogP contribution in [0.3, 0.4) is 0 Å². The molecule has 2 radical (unpaired) electrons. The maximum absolute atomic E-state index is 3.37. The number of hydrogen-bond donors (Lipinski definition) is 0. The molecule has 3 aromatic rings. The predicted molar refractivity (Wildman–Crippen MR) is 118 cm³/mol. The van der Waals surface area contributed by atoms with Crippen molar-refractivity contribution in [3.63, 3.8) is 0 Å². The molecule has 0 fully saturated rings. The van der Waals surface area contributed by atoms with Gasteiger partial charge in [-0.15, -0.1) is 29.2 Å². The minimum absolute atomic E-state index is 0. The maximum Gasteiger partial charge on any atom is 0.0307 e. The zero-order valence-corrected chi connectivity index (χ0v) is 22.3. The zero-order chi connectivity index (χ0) is 19.3. The van der Waals surface area contributed by atoms with Gasteiger partial charge in [-0.25, -0.2) is 0 Å². The Hall–Kier alpha value is -1.12. The molecule has 0 aromatic heterocycles. The van der Waals surface area contributed by atoms with Crippen molar-refractivity contribution in [2.45, 2.75) is 53.6 Å². The third-order valence-corrected chi connectivity index (χ3v) is 5.11. The van der Waals surface area contributed by atoms with E-state index in [9.17, 15) is 0 Å². The standard InChI is InChI=1S/C14H11.C9H13.C2H6Si.Hf/c1-10-6-8-14-12(10)9-7-11-4-2-3-5-13(11)14;1-6-5-7(2)9(4)8(6)3;1-3-2;/h2-7,9-10H,1H3;5H,1-4H3;1-2H3;/q2*-1;;. The average Bonchev–Trinajstić information content (AvgIpc) is 3.12. The molecule has 27 heavy (non-hydrogen) atoms. The minimum atomic E-state index is 0. The number of aryl methyl sites for hydroxylation is 2. The molecule has 1 aliphatic carbocycles. The molecule has 1 aliphatic rings. The summed E-state index contributed by atoms with van der Waals surface area (Å²) in [6, 6.07) is 15.2. The second-order valence-electron chi connectivity index (χ2n) is 7.11. The Morgan fingerprint density at radius 2 is 1.44 bits per heavy atom. The van der Waals surface area contributed by atoms with Gasteiger partial charge in [0, 0.05) is 35.4 Å². The summed E-state index contributed by atoms with van der Waals surface area (Å²) in [5.74, 6) is 0.523. The van der Waals surface area contributed by atoms with E-state index in [1.165, 1.54) is 44.2 Å². The molecule has 0 saturated heterocycles. The van der Waals surface area contributed by atoms with Gasteiger partial charge in [-0.2, -0.15) is 40.0 Å². The molecule has 3 aromatic carbocycles. The van der Waals surface area contributed by atoms with Gasteiger partial charge in [-0.05, 0) is 0 Å². The van der Waals surface area contributed by atoms with E-state index < -0.39 is 0 Å². The van der Waals surface area contributed by atoms with Gasteiger partial charge in [-0.1, -0.05) is 83.3 Å². The Morgan fingerprint density at radius 3 is 1.96 bits per heavy atom. The van der Waals surface area contributed by atoms with Crippen LogP contribution in [0.4, 0.5) is 0 Å². The van der Waals surface area contributed by atoms with Gasteiger partial charge in [-0.3, -0.25) is 0 Å². The Labute approximate surface area is 187 Å². The van der Waals surface area contributed by atoms with Crippen molar-refractivity contribution in [3.05, 3.63) is 88.0 Å². The van der Waals surface area contributed by atoms with Crippen LogP contribution in [0.1, 0.15) is 46.2 Å². The second-order valence-corrected chi connectivity index (χ2v) is 8.11. The Balaban J connectivity index is 0.000000245. The summed E-state index contributed by atoms with van der Waals surface area (Å²) in [6.07, 6.45) is 5.52. The molecule has 0 bridgehead atoms. The first-order valence-corrected chi connectivity index (χ1v) is 11.3. The third kappa shape index (κ3) is 5.68. The topological polar surface area (TPSA) is 0 Å². The SMILES string of the molecule is CC1C=[C-]c2c1ccc1ccccc21.C[Si]C.Cc1[cH-]c(C)c(C)c1C.[Hf]. The Kier molecular flexibility index (Phi) is 9.76. The van der Waals surface area contributed by atoms with Gasteiger partial charge in [0.1, 0.15) is 0 Å². The molecule has 0 aliphatic heterocycles.